The molecule has 0 unspecified atom stereocenters. The van der Waals surface area contributed by atoms with Gasteiger partial charge in [-0.1, -0.05) is 51.6 Å². The number of fused-ring (bicyclic) bond motifs is 1. The molecule has 0 bridgehead atoms. The molecular formula is C20H20ClN9O5S4. The Kier molecular flexibility index (Phi) is 9.23. The van der Waals surface area contributed by atoms with Crippen molar-refractivity contribution in [3.8, 4) is 0 Å². The Labute approximate surface area is 242 Å². The van der Waals surface area contributed by atoms with E-state index in [9.17, 15) is 24.7 Å². The number of amides is 2. The molecule has 206 valence electrons. The van der Waals surface area contributed by atoms with E-state index in [0.717, 1.165) is 16.2 Å². The minimum Gasteiger partial charge on any atom is -0.477 e. The normalized spacial score (nSPS) is 19.3. The summed E-state index contributed by atoms with van der Waals surface area (Å²) in [6.45, 7) is 0.460. The first kappa shape index (κ1) is 29.0. The van der Waals surface area contributed by atoms with Crippen LogP contribution in [0.5, 0.6) is 0 Å². The molecule has 9 N–H and O–H groups in total. The maximum Gasteiger partial charge on any atom is 0.352 e. The molecule has 2 atom stereocenters. The van der Waals surface area contributed by atoms with Crippen LogP contribution in [-0.4, -0.2) is 83.1 Å². The van der Waals surface area contributed by atoms with E-state index in [-0.39, 0.29) is 32.4 Å². The summed E-state index contributed by atoms with van der Waals surface area (Å²) < 4.78 is 0.0321. The Balaban J connectivity index is 1.47. The van der Waals surface area contributed by atoms with Crippen LogP contribution in [0.25, 0.3) is 0 Å². The van der Waals surface area contributed by atoms with E-state index >= 15 is 0 Å². The molecule has 2 aliphatic heterocycles. The molecule has 0 aromatic carbocycles. The summed E-state index contributed by atoms with van der Waals surface area (Å²) in [6, 6.07) is 0.528. The number of nitrogens with two attached hydrogens (primary N) is 3. The number of anilines is 2. The standard InChI is InChI=1S/C20H20ClN9O5S4/c21-14-10(28-19(24)39-14)11(29-35)15(31)27-12-16(32)30-13(18(33)34)7(6-38-17(12)30)1-3-36-9-5-8(23)25-20(26-9)37-4-2-22/h1,3,5,12,17,35H,2,4,6,22H2,(H2,24,28)(H,27,31)(H,33,34)(H2,23,25,26)/b3-1+,29-11+/t12-,17-/m1/s1. The Morgan fingerprint density at radius 3 is 2.74 bits per heavy atom. The van der Waals surface area contributed by atoms with Gasteiger partial charge in [-0.05, 0) is 17.1 Å². The number of aliphatic carboxylic acids is 1. The van der Waals surface area contributed by atoms with Gasteiger partial charge in [0.25, 0.3) is 11.8 Å². The first-order valence-electron chi connectivity index (χ1n) is 10.8. The number of nitrogens with zero attached hydrogens (tertiary/aromatic N) is 5. The average Bonchev–Trinajstić information content (AvgIpc) is 3.22. The van der Waals surface area contributed by atoms with Gasteiger partial charge in [0.15, 0.2) is 16.0 Å². The lowest BCUT2D eigenvalue weighted by molar-refractivity contribution is -0.150. The van der Waals surface area contributed by atoms with Gasteiger partial charge in [-0.3, -0.25) is 14.5 Å². The number of thiazole rings is 1. The number of carboxylic acid groups (broad SMARTS) is 1. The molecule has 0 radical (unpaired) electrons. The Hall–Kier alpha value is -3.03. The molecule has 19 heteroatoms. The molecular weight excluding hydrogens is 610 g/mol. The van der Waals surface area contributed by atoms with Crippen molar-refractivity contribution in [1.29, 1.82) is 0 Å². The number of thioether (sulfide) groups is 3. The topological polar surface area (TPSA) is 236 Å². The van der Waals surface area contributed by atoms with Crippen LogP contribution in [0.2, 0.25) is 4.34 Å². The van der Waals surface area contributed by atoms with Crippen molar-refractivity contribution in [3.05, 3.63) is 38.9 Å². The van der Waals surface area contributed by atoms with Gasteiger partial charge in [-0.2, -0.15) is 0 Å². The lowest BCUT2D eigenvalue weighted by atomic mass is 10.0. The molecule has 2 amide bonds. The Morgan fingerprint density at radius 1 is 1.33 bits per heavy atom. The molecule has 1 saturated heterocycles. The zero-order valence-electron chi connectivity index (χ0n) is 19.6. The molecule has 0 saturated carbocycles. The van der Waals surface area contributed by atoms with E-state index in [1.165, 1.54) is 35.3 Å². The van der Waals surface area contributed by atoms with Crippen molar-refractivity contribution in [2.24, 2.45) is 10.9 Å². The molecule has 1 fully saturated rings. The first-order valence-corrected chi connectivity index (χ1v) is 14.9. The van der Waals surface area contributed by atoms with Gasteiger partial charge in [0.2, 0.25) is 0 Å². The SMILES string of the molecule is NCCSc1nc(N)cc(S/C=C/C2=C(C(=O)O)N3C(=O)[C@@H](NC(=O)/C(=N/O)c4nc(N)sc4Cl)[C@H]3SC2)n1. The van der Waals surface area contributed by atoms with Crippen LogP contribution >= 0.6 is 58.2 Å². The fraction of sp³-hybridized carbons (Fsp3) is 0.250. The second kappa shape index (κ2) is 12.4. The van der Waals surface area contributed by atoms with Crippen LogP contribution in [0.15, 0.2) is 44.2 Å². The number of carbonyl (C=O) groups excluding carboxylic acids is 2. The zero-order chi connectivity index (χ0) is 28.3. The molecule has 39 heavy (non-hydrogen) atoms. The van der Waals surface area contributed by atoms with Crippen LogP contribution in [-0.2, 0) is 14.4 Å². The van der Waals surface area contributed by atoms with Gasteiger partial charge in [0.1, 0.15) is 38.0 Å². The van der Waals surface area contributed by atoms with Gasteiger partial charge < -0.3 is 32.8 Å². The predicted octanol–water partition coefficient (Wildman–Crippen LogP) is 1.02. The number of rotatable bonds is 10. The smallest absolute Gasteiger partial charge is 0.352 e. The first-order chi connectivity index (χ1) is 18.6. The van der Waals surface area contributed by atoms with Crippen LogP contribution in [0.4, 0.5) is 10.9 Å². The van der Waals surface area contributed by atoms with Crippen molar-refractivity contribution in [1.82, 2.24) is 25.2 Å². The van der Waals surface area contributed by atoms with Crippen LogP contribution in [0.1, 0.15) is 5.69 Å². The number of carboxylic acids is 1. The largest absolute Gasteiger partial charge is 0.477 e. The maximum absolute atomic E-state index is 12.9. The number of hydrogen-bond acceptors (Lipinski definition) is 15. The molecule has 2 aliphatic rings. The molecule has 0 spiro atoms. The Bertz CT molecular complexity index is 1420. The van der Waals surface area contributed by atoms with Gasteiger partial charge in [0.05, 0.1) is 0 Å². The van der Waals surface area contributed by atoms with Crippen LogP contribution in [0.3, 0.4) is 0 Å². The van der Waals surface area contributed by atoms with E-state index in [0.29, 0.717) is 28.1 Å². The van der Waals surface area contributed by atoms with Gasteiger partial charge in [-0.25, -0.2) is 19.7 Å². The summed E-state index contributed by atoms with van der Waals surface area (Å²) in [5.41, 5.74) is 16.5. The number of halogens is 1. The van der Waals surface area contributed by atoms with Crippen molar-refractivity contribution < 1.29 is 24.7 Å². The number of allylic oxidation sites excluding steroid dienone is 1. The fourth-order valence-corrected chi connectivity index (χ4v) is 7.16. The molecule has 0 aliphatic carbocycles. The average molecular weight is 630 g/mol. The van der Waals surface area contributed by atoms with Gasteiger partial charge in [-0.15, -0.1) is 11.8 Å². The number of nitrogen functional groups attached to an aromatic ring is 2. The number of nitrogens with one attached hydrogen (secondary N) is 1. The lowest BCUT2D eigenvalue weighted by Crippen LogP contribution is -2.71. The summed E-state index contributed by atoms with van der Waals surface area (Å²) >= 11 is 10.7. The molecule has 2 aromatic heterocycles. The van der Waals surface area contributed by atoms with Crippen LogP contribution in [0, 0.1) is 0 Å². The zero-order valence-corrected chi connectivity index (χ0v) is 23.6. The number of aromatic nitrogens is 3. The number of oxime groups is 1. The van der Waals surface area contributed by atoms with Crippen molar-refractivity contribution in [2.45, 2.75) is 21.6 Å². The van der Waals surface area contributed by atoms with E-state index in [4.69, 9.17) is 28.8 Å². The highest BCUT2D eigenvalue weighted by molar-refractivity contribution is 8.02. The maximum atomic E-state index is 12.9. The second-order valence-electron chi connectivity index (χ2n) is 7.63. The summed E-state index contributed by atoms with van der Waals surface area (Å²) in [5.74, 6) is -1.68. The third kappa shape index (κ3) is 6.25. The highest BCUT2D eigenvalue weighted by atomic mass is 35.5. The molecule has 14 nitrogen and oxygen atoms in total. The minimum absolute atomic E-state index is 0.0321. The Morgan fingerprint density at radius 2 is 2.10 bits per heavy atom. The highest BCUT2D eigenvalue weighted by Crippen LogP contribution is 2.41. The van der Waals surface area contributed by atoms with Crippen molar-refractivity contribution >= 4 is 92.7 Å². The molecule has 4 rings (SSSR count). The quantitative estimate of drug-likeness (QED) is 0.0409. The third-order valence-corrected chi connectivity index (χ3v) is 9.13. The van der Waals surface area contributed by atoms with E-state index in [1.807, 2.05) is 0 Å². The summed E-state index contributed by atoms with van der Waals surface area (Å²) in [6.07, 6.45) is 1.59. The van der Waals surface area contributed by atoms with E-state index in [2.05, 4.69) is 25.4 Å². The number of β-lactam (4-membered cyclic amide) rings is 1. The predicted molar refractivity (Wildman–Crippen MR) is 151 cm³/mol. The summed E-state index contributed by atoms with van der Waals surface area (Å²) in [4.78, 5) is 51.3. The molecule has 4 heterocycles. The molecule has 2 aromatic rings. The van der Waals surface area contributed by atoms with Gasteiger partial charge >= 0.3 is 5.97 Å². The van der Waals surface area contributed by atoms with Crippen molar-refractivity contribution in [2.75, 3.05) is 29.5 Å². The lowest BCUT2D eigenvalue weighted by Gasteiger charge is -2.49. The van der Waals surface area contributed by atoms with Crippen LogP contribution < -0.4 is 22.5 Å². The number of carbonyl (C=O) groups is 3. The highest BCUT2D eigenvalue weighted by Gasteiger charge is 2.54. The van der Waals surface area contributed by atoms with Gasteiger partial charge in [0, 0.05) is 24.1 Å². The second-order valence-corrected chi connectivity index (χ2v) is 12.4. The van der Waals surface area contributed by atoms with E-state index in [1.54, 1.807) is 17.6 Å². The fourth-order valence-electron chi connectivity index (χ4n) is 3.53. The third-order valence-electron chi connectivity index (χ3n) is 5.14. The number of hydrogen-bond donors (Lipinski definition) is 6. The monoisotopic (exact) mass is 629 g/mol. The van der Waals surface area contributed by atoms with Crippen molar-refractivity contribution in [3.63, 3.8) is 0 Å². The van der Waals surface area contributed by atoms with E-state index < -0.39 is 34.9 Å². The minimum atomic E-state index is -1.29. The summed E-state index contributed by atoms with van der Waals surface area (Å²) in [7, 11) is 0. The summed E-state index contributed by atoms with van der Waals surface area (Å²) in [5, 5.41) is 26.7.